The van der Waals surface area contributed by atoms with E-state index in [2.05, 4.69) is 35.4 Å². The molecule has 1 aliphatic rings. The molecule has 3 nitrogen and oxygen atoms in total. The van der Waals surface area contributed by atoms with Crippen molar-refractivity contribution in [3.8, 4) is 5.75 Å². The van der Waals surface area contributed by atoms with E-state index < -0.39 is 0 Å². The fraction of sp³-hybridized carbons (Fsp3) is 0.438. The Balaban J connectivity index is 1.72. The molecule has 0 aliphatic heterocycles. The van der Waals surface area contributed by atoms with Crippen LogP contribution in [-0.2, 0) is 13.0 Å². The van der Waals surface area contributed by atoms with E-state index in [4.69, 9.17) is 4.74 Å². The van der Waals surface area contributed by atoms with Gasteiger partial charge in [0, 0.05) is 17.6 Å². The van der Waals surface area contributed by atoms with E-state index in [0.717, 1.165) is 23.7 Å². The lowest BCUT2D eigenvalue weighted by molar-refractivity contribution is 0.304. The third-order valence-corrected chi connectivity index (χ3v) is 4.48. The summed E-state index contributed by atoms with van der Waals surface area (Å²) in [6.45, 7) is 3.75. The number of nitrogens with one attached hydrogen (secondary N) is 1. The molecule has 0 saturated heterocycles. The molecule has 1 unspecified atom stereocenters. The standard InChI is InChI=1S/C16H20N2OS/c1-2-17-15-5-3-4-12-10-13(6-7-14(12)15)19-11-16-18-8-9-20-16/h6-10,15,17H,2-5,11H2,1H3. The van der Waals surface area contributed by atoms with Gasteiger partial charge in [-0.25, -0.2) is 4.98 Å². The van der Waals surface area contributed by atoms with E-state index in [9.17, 15) is 0 Å². The van der Waals surface area contributed by atoms with E-state index in [-0.39, 0.29) is 0 Å². The van der Waals surface area contributed by atoms with Crippen molar-refractivity contribution in [3.05, 3.63) is 45.9 Å². The Labute approximate surface area is 124 Å². The van der Waals surface area contributed by atoms with Crippen LogP contribution < -0.4 is 10.1 Å². The molecule has 0 amide bonds. The normalized spacial score (nSPS) is 17.8. The summed E-state index contributed by atoms with van der Waals surface area (Å²) in [5.41, 5.74) is 2.87. The van der Waals surface area contributed by atoms with Gasteiger partial charge in [0.05, 0.1) is 0 Å². The second-order valence-corrected chi connectivity index (χ2v) is 6.06. The molecule has 0 radical (unpaired) electrons. The summed E-state index contributed by atoms with van der Waals surface area (Å²) in [5, 5.41) is 6.57. The van der Waals surface area contributed by atoms with E-state index >= 15 is 0 Å². The second-order valence-electron chi connectivity index (χ2n) is 5.08. The van der Waals surface area contributed by atoms with Gasteiger partial charge in [-0.05, 0) is 49.1 Å². The summed E-state index contributed by atoms with van der Waals surface area (Å²) in [6.07, 6.45) is 5.46. The highest BCUT2D eigenvalue weighted by Crippen LogP contribution is 2.32. The Morgan fingerprint density at radius 3 is 3.20 bits per heavy atom. The lowest BCUT2D eigenvalue weighted by Gasteiger charge is -2.26. The zero-order chi connectivity index (χ0) is 13.8. The van der Waals surface area contributed by atoms with Crippen molar-refractivity contribution in [1.29, 1.82) is 0 Å². The van der Waals surface area contributed by atoms with Crippen LogP contribution in [0.1, 0.15) is 41.9 Å². The fourth-order valence-electron chi connectivity index (χ4n) is 2.81. The molecule has 20 heavy (non-hydrogen) atoms. The van der Waals surface area contributed by atoms with Crippen molar-refractivity contribution in [1.82, 2.24) is 10.3 Å². The first-order valence-corrected chi connectivity index (χ1v) is 8.12. The van der Waals surface area contributed by atoms with Gasteiger partial charge < -0.3 is 10.1 Å². The Hall–Kier alpha value is -1.39. The highest BCUT2D eigenvalue weighted by atomic mass is 32.1. The van der Waals surface area contributed by atoms with Gasteiger partial charge >= 0.3 is 0 Å². The topological polar surface area (TPSA) is 34.1 Å². The molecule has 3 rings (SSSR count). The van der Waals surface area contributed by atoms with Crippen molar-refractivity contribution in [2.45, 2.75) is 38.8 Å². The maximum Gasteiger partial charge on any atom is 0.140 e. The van der Waals surface area contributed by atoms with Crippen LogP contribution in [0.3, 0.4) is 0 Å². The van der Waals surface area contributed by atoms with Crippen LogP contribution in [0, 0.1) is 0 Å². The number of thiazole rings is 1. The number of aryl methyl sites for hydroxylation is 1. The summed E-state index contributed by atoms with van der Waals surface area (Å²) in [4.78, 5) is 4.24. The highest BCUT2D eigenvalue weighted by Gasteiger charge is 2.19. The number of benzene rings is 1. The quantitative estimate of drug-likeness (QED) is 0.910. The molecule has 1 N–H and O–H groups in total. The van der Waals surface area contributed by atoms with Gasteiger partial charge in [-0.2, -0.15) is 0 Å². The SMILES string of the molecule is CCNC1CCCc2cc(OCc3nccs3)ccc21. The highest BCUT2D eigenvalue weighted by molar-refractivity contribution is 7.09. The van der Waals surface area contributed by atoms with Crippen LogP contribution in [0.5, 0.6) is 5.75 Å². The number of rotatable bonds is 5. The minimum absolute atomic E-state index is 0.511. The van der Waals surface area contributed by atoms with Crippen LogP contribution in [0.4, 0.5) is 0 Å². The Morgan fingerprint density at radius 2 is 2.40 bits per heavy atom. The molecule has 0 saturated carbocycles. The van der Waals surface area contributed by atoms with Gasteiger partial charge in [-0.1, -0.05) is 13.0 Å². The van der Waals surface area contributed by atoms with Crippen LogP contribution in [-0.4, -0.2) is 11.5 Å². The van der Waals surface area contributed by atoms with Crippen LogP contribution in [0.15, 0.2) is 29.8 Å². The third-order valence-electron chi connectivity index (χ3n) is 3.73. The molecule has 1 aliphatic carbocycles. The number of ether oxygens (including phenoxy) is 1. The predicted octanol–water partition coefficient (Wildman–Crippen LogP) is 3.71. The molecule has 1 heterocycles. The average molecular weight is 288 g/mol. The largest absolute Gasteiger partial charge is 0.486 e. The summed E-state index contributed by atoms with van der Waals surface area (Å²) < 4.78 is 5.84. The van der Waals surface area contributed by atoms with Gasteiger partial charge in [0.15, 0.2) is 0 Å². The maximum atomic E-state index is 5.84. The first-order chi connectivity index (χ1) is 9.86. The van der Waals surface area contributed by atoms with Crippen molar-refractivity contribution < 1.29 is 4.74 Å². The van der Waals surface area contributed by atoms with Crippen LogP contribution >= 0.6 is 11.3 Å². The summed E-state index contributed by atoms with van der Waals surface area (Å²) >= 11 is 1.63. The number of aromatic nitrogens is 1. The molecule has 0 bridgehead atoms. The first-order valence-electron chi connectivity index (χ1n) is 7.24. The average Bonchev–Trinajstić information content (AvgIpc) is 2.99. The Morgan fingerprint density at radius 1 is 1.45 bits per heavy atom. The minimum Gasteiger partial charge on any atom is -0.486 e. The fourth-order valence-corrected chi connectivity index (χ4v) is 3.34. The first kappa shape index (κ1) is 13.6. The van der Waals surface area contributed by atoms with Crippen molar-refractivity contribution >= 4 is 11.3 Å². The van der Waals surface area contributed by atoms with E-state index in [1.54, 1.807) is 11.3 Å². The van der Waals surface area contributed by atoms with Gasteiger partial charge in [0.2, 0.25) is 0 Å². The maximum absolute atomic E-state index is 5.84. The van der Waals surface area contributed by atoms with Crippen molar-refractivity contribution in [2.75, 3.05) is 6.54 Å². The number of hydrogen-bond donors (Lipinski definition) is 1. The zero-order valence-electron chi connectivity index (χ0n) is 11.8. The molecule has 4 heteroatoms. The number of hydrogen-bond acceptors (Lipinski definition) is 4. The minimum atomic E-state index is 0.511. The van der Waals surface area contributed by atoms with E-state index in [1.807, 2.05) is 11.6 Å². The lowest BCUT2D eigenvalue weighted by atomic mass is 9.87. The lowest BCUT2D eigenvalue weighted by Crippen LogP contribution is -2.24. The van der Waals surface area contributed by atoms with E-state index in [0.29, 0.717) is 12.6 Å². The molecule has 1 aromatic carbocycles. The summed E-state index contributed by atoms with van der Waals surface area (Å²) in [6, 6.07) is 7.02. The zero-order valence-corrected chi connectivity index (χ0v) is 12.6. The van der Waals surface area contributed by atoms with Gasteiger partial charge in [0.1, 0.15) is 17.4 Å². The molecule has 0 fully saturated rings. The van der Waals surface area contributed by atoms with Gasteiger partial charge in [-0.3, -0.25) is 0 Å². The Bertz CT molecular complexity index is 554. The molecular formula is C16H20N2OS. The summed E-state index contributed by atoms with van der Waals surface area (Å²) in [5.74, 6) is 0.955. The number of nitrogens with zero attached hydrogens (tertiary/aromatic N) is 1. The Kier molecular flexibility index (Phi) is 4.33. The van der Waals surface area contributed by atoms with Gasteiger partial charge in [0.25, 0.3) is 0 Å². The smallest absolute Gasteiger partial charge is 0.140 e. The van der Waals surface area contributed by atoms with Crippen LogP contribution in [0.25, 0.3) is 0 Å². The molecule has 1 aromatic heterocycles. The van der Waals surface area contributed by atoms with Gasteiger partial charge in [-0.15, -0.1) is 11.3 Å². The van der Waals surface area contributed by atoms with Crippen molar-refractivity contribution in [3.63, 3.8) is 0 Å². The van der Waals surface area contributed by atoms with Crippen LogP contribution in [0.2, 0.25) is 0 Å². The molecule has 1 atom stereocenters. The predicted molar refractivity (Wildman–Crippen MR) is 82.2 cm³/mol. The molecular weight excluding hydrogens is 268 g/mol. The van der Waals surface area contributed by atoms with E-state index in [1.165, 1.54) is 24.0 Å². The van der Waals surface area contributed by atoms with Crippen molar-refractivity contribution in [2.24, 2.45) is 0 Å². The third kappa shape index (κ3) is 3.02. The summed E-state index contributed by atoms with van der Waals surface area (Å²) in [7, 11) is 0. The monoisotopic (exact) mass is 288 g/mol. The molecule has 106 valence electrons. The number of fused-ring (bicyclic) bond motifs is 1. The second kappa shape index (κ2) is 6.37. The molecule has 0 spiro atoms. The molecule has 2 aromatic rings.